The Balaban J connectivity index is 1.49. The number of carbonyl (C=O) groups excluding carboxylic acids is 2. The first-order chi connectivity index (χ1) is 13.1. The molecule has 142 valence electrons. The van der Waals surface area contributed by atoms with Crippen LogP contribution in [-0.2, 0) is 28.1 Å². The van der Waals surface area contributed by atoms with Crippen molar-refractivity contribution in [1.29, 1.82) is 0 Å². The van der Waals surface area contributed by atoms with Gasteiger partial charge in [-0.15, -0.1) is 11.3 Å². The van der Waals surface area contributed by atoms with Gasteiger partial charge in [-0.2, -0.15) is 0 Å². The quantitative estimate of drug-likeness (QED) is 0.881. The summed E-state index contributed by atoms with van der Waals surface area (Å²) in [5.74, 6) is 0.0390. The minimum absolute atomic E-state index is 0.0728. The molecule has 0 radical (unpaired) electrons. The van der Waals surface area contributed by atoms with Crippen LogP contribution in [0.15, 0.2) is 30.5 Å². The van der Waals surface area contributed by atoms with Crippen molar-refractivity contribution < 1.29 is 14.3 Å². The highest BCUT2D eigenvalue weighted by Crippen LogP contribution is 2.44. The molecule has 27 heavy (non-hydrogen) atoms. The number of likely N-dealkylation sites (tertiary alicyclic amines) is 1. The normalized spacial score (nSPS) is 18.2. The number of amides is 2. The number of pyridine rings is 1. The number of thiophene rings is 1. The Labute approximate surface area is 162 Å². The van der Waals surface area contributed by atoms with Gasteiger partial charge < -0.3 is 15.0 Å². The van der Waals surface area contributed by atoms with Gasteiger partial charge in [0.2, 0.25) is 5.91 Å². The van der Waals surface area contributed by atoms with E-state index in [0.29, 0.717) is 26.2 Å². The summed E-state index contributed by atoms with van der Waals surface area (Å²) in [5, 5.41) is 2.95. The SMILES string of the molecule is CC(=O)N1CCC2(CC1)OCCc1sc(C(=O)NCc3ccccn3)cc12. The number of hydrogen-bond acceptors (Lipinski definition) is 5. The molecule has 7 heteroatoms. The van der Waals surface area contributed by atoms with E-state index in [4.69, 9.17) is 4.74 Å². The van der Waals surface area contributed by atoms with Gasteiger partial charge in [-0.25, -0.2) is 0 Å². The van der Waals surface area contributed by atoms with Gasteiger partial charge in [-0.1, -0.05) is 6.07 Å². The number of nitrogens with one attached hydrogen (secondary N) is 1. The highest BCUT2D eigenvalue weighted by Gasteiger charge is 2.42. The molecular weight excluding hydrogens is 362 g/mol. The summed E-state index contributed by atoms with van der Waals surface area (Å²) in [4.78, 5) is 32.3. The lowest BCUT2D eigenvalue weighted by atomic mass is 9.82. The van der Waals surface area contributed by atoms with E-state index in [0.717, 1.165) is 35.4 Å². The number of ether oxygens (including phenoxy) is 1. The zero-order valence-electron chi connectivity index (χ0n) is 15.4. The Kier molecular flexibility index (Phi) is 4.97. The Morgan fingerprint density at radius 2 is 2.15 bits per heavy atom. The Morgan fingerprint density at radius 3 is 2.85 bits per heavy atom. The van der Waals surface area contributed by atoms with E-state index in [1.165, 1.54) is 4.88 Å². The van der Waals surface area contributed by atoms with Crippen molar-refractivity contribution in [2.45, 2.75) is 38.3 Å². The minimum Gasteiger partial charge on any atom is -0.370 e. The molecule has 4 heterocycles. The van der Waals surface area contributed by atoms with Gasteiger partial charge in [0.15, 0.2) is 0 Å². The van der Waals surface area contributed by atoms with Crippen molar-refractivity contribution in [2.24, 2.45) is 0 Å². The predicted molar refractivity (Wildman–Crippen MR) is 103 cm³/mol. The first-order valence-electron chi connectivity index (χ1n) is 9.28. The molecule has 0 atom stereocenters. The molecule has 0 aliphatic carbocycles. The molecule has 2 aliphatic heterocycles. The molecule has 2 aromatic heterocycles. The fourth-order valence-corrected chi connectivity index (χ4v) is 5.03. The van der Waals surface area contributed by atoms with Crippen LogP contribution >= 0.6 is 11.3 Å². The molecule has 1 fully saturated rings. The smallest absolute Gasteiger partial charge is 0.261 e. The standard InChI is InChI=1S/C20H23N3O3S/c1-14(24)23-9-6-20(7-10-23)16-12-18(27-17(16)5-11-26-20)19(25)22-13-15-4-2-3-8-21-15/h2-4,8,12H,5-7,9-11,13H2,1H3,(H,22,25). The summed E-state index contributed by atoms with van der Waals surface area (Å²) >= 11 is 1.56. The average molecular weight is 385 g/mol. The van der Waals surface area contributed by atoms with Gasteiger partial charge in [0.05, 0.1) is 29.3 Å². The summed E-state index contributed by atoms with van der Waals surface area (Å²) in [6, 6.07) is 7.66. The third-order valence-electron chi connectivity index (χ3n) is 5.40. The van der Waals surface area contributed by atoms with E-state index in [1.54, 1.807) is 24.5 Å². The van der Waals surface area contributed by atoms with Crippen LogP contribution in [0, 0.1) is 0 Å². The molecular formula is C20H23N3O3S. The number of piperidine rings is 1. The summed E-state index contributed by atoms with van der Waals surface area (Å²) in [7, 11) is 0. The van der Waals surface area contributed by atoms with E-state index < -0.39 is 0 Å². The third kappa shape index (κ3) is 3.61. The van der Waals surface area contributed by atoms with Gasteiger partial charge >= 0.3 is 0 Å². The van der Waals surface area contributed by atoms with Crippen LogP contribution < -0.4 is 5.32 Å². The molecule has 2 aliphatic rings. The van der Waals surface area contributed by atoms with E-state index in [1.807, 2.05) is 29.2 Å². The lowest BCUT2D eigenvalue weighted by Gasteiger charge is -2.43. The van der Waals surface area contributed by atoms with Crippen molar-refractivity contribution in [3.8, 4) is 0 Å². The fraction of sp³-hybridized carbons (Fsp3) is 0.450. The van der Waals surface area contributed by atoms with Crippen LogP contribution in [-0.4, -0.2) is 41.4 Å². The van der Waals surface area contributed by atoms with Gasteiger partial charge in [0, 0.05) is 37.5 Å². The first kappa shape index (κ1) is 18.1. The summed E-state index contributed by atoms with van der Waals surface area (Å²) in [6.45, 7) is 4.09. The molecule has 1 spiro atoms. The second-order valence-corrected chi connectivity index (χ2v) is 8.19. The summed E-state index contributed by atoms with van der Waals surface area (Å²) in [5.41, 5.74) is 1.63. The topological polar surface area (TPSA) is 71.5 Å². The second-order valence-electron chi connectivity index (χ2n) is 7.05. The highest BCUT2D eigenvalue weighted by molar-refractivity contribution is 7.14. The number of nitrogens with zero attached hydrogens (tertiary/aromatic N) is 2. The molecule has 2 amide bonds. The summed E-state index contributed by atoms with van der Waals surface area (Å²) in [6.07, 6.45) is 4.13. The average Bonchev–Trinajstić information content (AvgIpc) is 3.13. The zero-order valence-corrected chi connectivity index (χ0v) is 16.2. The third-order valence-corrected chi connectivity index (χ3v) is 6.60. The van der Waals surface area contributed by atoms with Crippen LogP contribution in [0.3, 0.4) is 0 Å². The molecule has 1 N–H and O–H groups in total. The predicted octanol–water partition coefficient (Wildman–Crippen LogP) is 2.48. The van der Waals surface area contributed by atoms with E-state index in [9.17, 15) is 9.59 Å². The van der Waals surface area contributed by atoms with Gasteiger partial charge in [0.25, 0.3) is 5.91 Å². The van der Waals surface area contributed by atoms with Crippen LogP contribution in [0.25, 0.3) is 0 Å². The monoisotopic (exact) mass is 385 g/mol. The largest absolute Gasteiger partial charge is 0.370 e. The van der Waals surface area contributed by atoms with Crippen molar-refractivity contribution in [1.82, 2.24) is 15.2 Å². The maximum absolute atomic E-state index is 12.6. The number of aromatic nitrogens is 1. The van der Waals surface area contributed by atoms with Crippen molar-refractivity contribution in [3.05, 3.63) is 51.5 Å². The lowest BCUT2D eigenvalue weighted by molar-refractivity contribution is -0.138. The number of fused-ring (bicyclic) bond motifs is 2. The fourth-order valence-electron chi connectivity index (χ4n) is 3.89. The maximum atomic E-state index is 12.6. The minimum atomic E-state index is -0.352. The Hall–Kier alpha value is -2.25. The van der Waals surface area contributed by atoms with E-state index >= 15 is 0 Å². The number of rotatable bonds is 3. The van der Waals surface area contributed by atoms with E-state index in [-0.39, 0.29) is 17.4 Å². The molecule has 4 rings (SSSR count). The molecule has 0 aromatic carbocycles. The summed E-state index contributed by atoms with van der Waals surface area (Å²) < 4.78 is 6.21. The number of carbonyl (C=O) groups is 2. The van der Waals surface area contributed by atoms with Crippen LogP contribution in [0.4, 0.5) is 0 Å². The van der Waals surface area contributed by atoms with E-state index in [2.05, 4.69) is 10.3 Å². The molecule has 6 nitrogen and oxygen atoms in total. The highest BCUT2D eigenvalue weighted by atomic mass is 32.1. The van der Waals surface area contributed by atoms with Crippen molar-refractivity contribution in [2.75, 3.05) is 19.7 Å². The van der Waals surface area contributed by atoms with Gasteiger partial charge in [-0.05, 0) is 36.6 Å². The van der Waals surface area contributed by atoms with Gasteiger partial charge in [0.1, 0.15) is 0 Å². The second kappa shape index (κ2) is 7.40. The number of hydrogen-bond donors (Lipinski definition) is 1. The van der Waals surface area contributed by atoms with Crippen molar-refractivity contribution in [3.63, 3.8) is 0 Å². The molecule has 2 aromatic rings. The van der Waals surface area contributed by atoms with Crippen molar-refractivity contribution >= 4 is 23.2 Å². The Morgan fingerprint density at radius 1 is 1.33 bits per heavy atom. The molecule has 0 saturated carbocycles. The lowest BCUT2D eigenvalue weighted by Crippen LogP contribution is -2.47. The van der Waals surface area contributed by atoms with Crippen LogP contribution in [0.5, 0.6) is 0 Å². The molecule has 1 saturated heterocycles. The zero-order chi connectivity index (χ0) is 18.9. The maximum Gasteiger partial charge on any atom is 0.261 e. The Bertz CT molecular complexity index is 841. The molecule has 0 bridgehead atoms. The van der Waals surface area contributed by atoms with Crippen LogP contribution in [0.1, 0.15) is 45.6 Å². The molecule has 0 unspecified atom stereocenters. The van der Waals surface area contributed by atoms with Gasteiger partial charge in [-0.3, -0.25) is 14.6 Å². The first-order valence-corrected chi connectivity index (χ1v) is 10.1. The van der Waals surface area contributed by atoms with Crippen LogP contribution in [0.2, 0.25) is 0 Å².